The molecule has 1 unspecified atom stereocenters. The van der Waals surface area contributed by atoms with E-state index in [0.717, 1.165) is 38.1 Å². The van der Waals surface area contributed by atoms with Crippen molar-refractivity contribution in [3.8, 4) is 0 Å². The maximum atomic E-state index is 12.8. The lowest BCUT2D eigenvalue weighted by Crippen LogP contribution is -2.50. The molecule has 3 aromatic rings. The molecule has 1 amide bonds. The van der Waals surface area contributed by atoms with E-state index < -0.39 is 0 Å². The van der Waals surface area contributed by atoms with Gasteiger partial charge in [0.1, 0.15) is 6.61 Å². The maximum absolute atomic E-state index is 12.8. The van der Waals surface area contributed by atoms with Crippen molar-refractivity contribution in [3.63, 3.8) is 0 Å². The summed E-state index contributed by atoms with van der Waals surface area (Å²) < 4.78 is 5.80. The highest BCUT2D eigenvalue weighted by Crippen LogP contribution is 2.27. The number of nitrogens with zero attached hydrogens (tertiary/aromatic N) is 4. The number of pyridine rings is 1. The summed E-state index contributed by atoms with van der Waals surface area (Å²) in [6.45, 7) is 5.40. The zero-order chi connectivity index (χ0) is 21.8. The van der Waals surface area contributed by atoms with E-state index in [0.29, 0.717) is 19.7 Å². The Morgan fingerprint density at radius 2 is 1.88 bits per heavy atom. The van der Waals surface area contributed by atoms with Crippen molar-refractivity contribution in [1.29, 1.82) is 0 Å². The predicted octanol–water partition coefficient (Wildman–Crippen LogP) is 3.88. The van der Waals surface area contributed by atoms with Crippen LogP contribution in [0.25, 0.3) is 10.9 Å². The average Bonchev–Trinajstić information content (AvgIpc) is 3.33. The largest absolute Gasteiger partial charge is 0.448 e. The van der Waals surface area contributed by atoms with Gasteiger partial charge in [-0.15, -0.1) is 0 Å². The number of hydrogen-bond acceptors (Lipinski definition) is 5. The van der Waals surface area contributed by atoms with E-state index >= 15 is 0 Å². The molecule has 32 heavy (non-hydrogen) atoms. The average molecular weight is 434 g/mol. The van der Waals surface area contributed by atoms with Gasteiger partial charge in [-0.25, -0.2) is 4.79 Å². The molecule has 0 radical (unpaired) electrons. The smallest absolute Gasteiger partial charge is 0.409 e. The van der Waals surface area contributed by atoms with Crippen LogP contribution in [0.2, 0.25) is 0 Å². The molecular weight excluding hydrogens is 402 g/mol. The number of piperidine rings is 1. The number of hydrogen-bond donors (Lipinski definition) is 1. The maximum Gasteiger partial charge on any atom is 0.409 e. The van der Waals surface area contributed by atoms with Crippen LogP contribution < -0.4 is 4.90 Å². The fourth-order valence-corrected chi connectivity index (χ4v) is 4.91. The number of carbonyl (C=O) groups is 1. The number of amides is 1. The summed E-state index contributed by atoms with van der Waals surface area (Å²) in [6.07, 6.45) is 8.94. The number of anilines is 1. The lowest BCUT2D eigenvalue weighted by atomic mass is 10.0. The number of aromatic amines is 1. The summed E-state index contributed by atoms with van der Waals surface area (Å²) >= 11 is 0. The lowest BCUT2D eigenvalue weighted by molar-refractivity contribution is 0.0456. The molecule has 0 spiro atoms. The first-order valence-electron chi connectivity index (χ1n) is 11.6. The first kappa shape index (κ1) is 20.8. The molecule has 1 atom stereocenters. The van der Waals surface area contributed by atoms with Crippen LogP contribution in [-0.4, -0.2) is 71.2 Å². The molecule has 2 saturated heterocycles. The number of likely N-dealkylation sites (tertiary alicyclic amines) is 1. The minimum atomic E-state index is -0.182. The van der Waals surface area contributed by atoms with Gasteiger partial charge in [0, 0.05) is 73.9 Å². The van der Waals surface area contributed by atoms with E-state index in [-0.39, 0.29) is 12.1 Å². The molecule has 2 fully saturated rings. The molecule has 0 bridgehead atoms. The van der Waals surface area contributed by atoms with Gasteiger partial charge in [0.25, 0.3) is 0 Å². The highest BCUT2D eigenvalue weighted by molar-refractivity contribution is 5.92. The van der Waals surface area contributed by atoms with Gasteiger partial charge >= 0.3 is 6.09 Å². The summed E-state index contributed by atoms with van der Waals surface area (Å²) in [7, 11) is 0. The Morgan fingerprint density at radius 1 is 1.03 bits per heavy atom. The Hall–Kier alpha value is -3.06. The van der Waals surface area contributed by atoms with Crippen molar-refractivity contribution in [2.75, 3.05) is 44.2 Å². The Morgan fingerprint density at radius 3 is 2.72 bits per heavy atom. The van der Waals surface area contributed by atoms with Crippen LogP contribution in [0.1, 0.15) is 24.8 Å². The summed E-state index contributed by atoms with van der Waals surface area (Å²) in [5.41, 5.74) is 3.63. The molecule has 7 nitrogen and oxygen atoms in total. The highest BCUT2D eigenvalue weighted by Gasteiger charge is 2.27. The second kappa shape index (κ2) is 9.61. The summed E-state index contributed by atoms with van der Waals surface area (Å²) in [5, 5.41) is 1.23. The Kier molecular flexibility index (Phi) is 6.25. The van der Waals surface area contributed by atoms with Gasteiger partial charge in [-0.3, -0.25) is 9.88 Å². The number of fused-ring (bicyclic) bond motifs is 1. The summed E-state index contributed by atoms with van der Waals surface area (Å²) in [6, 6.07) is 12.9. The second-order valence-corrected chi connectivity index (χ2v) is 8.74. The Labute approximate surface area is 189 Å². The number of rotatable bonds is 5. The van der Waals surface area contributed by atoms with Gasteiger partial charge in [-0.2, -0.15) is 0 Å². The van der Waals surface area contributed by atoms with E-state index in [4.69, 9.17) is 4.74 Å². The van der Waals surface area contributed by atoms with Crippen LogP contribution in [-0.2, 0) is 11.3 Å². The second-order valence-electron chi connectivity index (χ2n) is 8.74. The SMILES string of the molecule is O=C(OCC1CCCCN1Cc1ccncc1)N1CCN(c2cccc3[nH]ccc23)CC1. The van der Waals surface area contributed by atoms with Crippen molar-refractivity contribution < 1.29 is 9.53 Å². The summed E-state index contributed by atoms with van der Waals surface area (Å²) in [4.78, 5) is 26.8. The van der Waals surface area contributed by atoms with E-state index in [9.17, 15) is 4.79 Å². The van der Waals surface area contributed by atoms with E-state index in [1.165, 1.54) is 29.5 Å². The third-order valence-electron chi connectivity index (χ3n) is 6.73. The zero-order valence-corrected chi connectivity index (χ0v) is 18.4. The monoisotopic (exact) mass is 433 g/mol. The molecule has 4 heterocycles. The van der Waals surface area contributed by atoms with Gasteiger partial charge in [0.2, 0.25) is 0 Å². The highest BCUT2D eigenvalue weighted by atomic mass is 16.6. The van der Waals surface area contributed by atoms with Crippen LogP contribution in [0.15, 0.2) is 55.0 Å². The van der Waals surface area contributed by atoms with Gasteiger partial charge in [0.15, 0.2) is 0 Å². The number of ether oxygens (including phenoxy) is 1. The molecule has 1 N–H and O–H groups in total. The molecule has 168 valence electrons. The van der Waals surface area contributed by atoms with Crippen molar-refractivity contribution >= 4 is 22.7 Å². The number of carbonyl (C=O) groups excluding carboxylic acids is 1. The number of piperazine rings is 1. The van der Waals surface area contributed by atoms with Gasteiger partial charge < -0.3 is 19.5 Å². The van der Waals surface area contributed by atoms with Crippen LogP contribution in [0.4, 0.5) is 10.5 Å². The Balaban J connectivity index is 1.13. The molecule has 2 aliphatic heterocycles. The minimum absolute atomic E-state index is 0.182. The van der Waals surface area contributed by atoms with Crippen LogP contribution in [0.3, 0.4) is 0 Å². The lowest BCUT2D eigenvalue weighted by Gasteiger charge is -2.37. The quantitative estimate of drug-likeness (QED) is 0.662. The zero-order valence-electron chi connectivity index (χ0n) is 18.4. The topological polar surface area (TPSA) is 64.7 Å². The predicted molar refractivity (Wildman–Crippen MR) is 126 cm³/mol. The van der Waals surface area contributed by atoms with Crippen molar-refractivity contribution in [2.24, 2.45) is 0 Å². The Bertz CT molecular complexity index is 1030. The third-order valence-corrected chi connectivity index (χ3v) is 6.73. The van der Waals surface area contributed by atoms with Crippen LogP contribution in [0, 0.1) is 0 Å². The number of nitrogens with one attached hydrogen (secondary N) is 1. The molecule has 1 aromatic carbocycles. The number of H-pyrrole nitrogens is 1. The fraction of sp³-hybridized carbons (Fsp3) is 0.440. The first-order valence-corrected chi connectivity index (χ1v) is 11.6. The normalized spacial score (nSPS) is 19.9. The molecule has 2 aliphatic rings. The van der Waals surface area contributed by atoms with Crippen LogP contribution >= 0.6 is 0 Å². The van der Waals surface area contributed by atoms with E-state index in [2.05, 4.69) is 56.2 Å². The minimum Gasteiger partial charge on any atom is -0.448 e. The molecular formula is C25H31N5O2. The van der Waals surface area contributed by atoms with E-state index in [1.54, 1.807) is 0 Å². The third kappa shape index (κ3) is 4.58. The number of aromatic nitrogens is 2. The van der Waals surface area contributed by atoms with E-state index in [1.807, 2.05) is 23.5 Å². The molecule has 5 rings (SSSR count). The van der Waals surface area contributed by atoms with Crippen molar-refractivity contribution in [2.45, 2.75) is 31.8 Å². The van der Waals surface area contributed by atoms with Gasteiger partial charge in [0.05, 0.1) is 0 Å². The van der Waals surface area contributed by atoms with Crippen LogP contribution in [0.5, 0.6) is 0 Å². The summed E-state index contributed by atoms with van der Waals surface area (Å²) in [5.74, 6) is 0. The standard InChI is InChI=1S/C25H31N5O2/c31-25(32-19-21-4-1-2-13-30(21)18-20-7-10-26-11-8-20)29-16-14-28(15-17-29)24-6-3-5-23-22(24)9-12-27-23/h3,5-12,21,27H,1-2,4,13-19H2. The van der Waals surface area contributed by atoms with Gasteiger partial charge in [-0.1, -0.05) is 12.5 Å². The van der Waals surface area contributed by atoms with Crippen molar-refractivity contribution in [3.05, 3.63) is 60.6 Å². The first-order chi connectivity index (χ1) is 15.8. The van der Waals surface area contributed by atoms with Gasteiger partial charge in [-0.05, 0) is 55.3 Å². The van der Waals surface area contributed by atoms with Crippen molar-refractivity contribution in [1.82, 2.24) is 19.8 Å². The number of benzene rings is 1. The molecule has 7 heteroatoms. The molecule has 0 saturated carbocycles. The molecule has 2 aromatic heterocycles. The fourth-order valence-electron chi connectivity index (χ4n) is 4.91. The molecule has 0 aliphatic carbocycles.